The van der Waals surface area contributed by atoms with Gasteiger partial charge in [0.15, 0.2) is 15.6 Å². The summed E-state index contributed by atoms with van der Waals surface area (Å²) in [7, 11) is -3.00. The first-order chi connectivity index (χ1) is 9.55. The highest BCUT2D eigenvalue weighted by atomic mass is 32.2. The van der Waals surface area contributed by atoms with Crippen LogP contribution in [0.4, 0.5) is 5.69 Å². The zero-order valence-electron chi connectivity index (χ0n) is 10.9. The van der Waals surface area contributed by atoms with Crippen molar-refractivity contribution in [3.8, 4) is 5.75 Å². The van der Waals surface area contributed by atoms with E-state index in [1.54, 1.807) is 12.1 Å². The van der Waals surface area contributed by atoms with Gasteiger partial charge in [-0.05, 0) is 18.6 Å². The van der Waals surface area contributed by atoms with Crippen molar-refractivity contribution in [3.63, 3.8) is 0 Å². The summed E-state index contributed by atoms with van der Waals surface area (Å²) in [6.45, 7) is 1.22. The topological polar surface area (TPSA) is 84.5 Å². The molecule has 3 rings (SSSR count). The normalized spacial score (nSPS) is 23.3. The van der Waals surface area contributed by atoms with Crippen molar-refractivity contribution in [2.24, 2.45) is 0 Å². The lowest BCUT2D eigenvalue weighted by Crippen LogP contribution is -2.36. The number of carbonyl (C=O) groups is 1. The highest BCUT2D eigenvalue weighted by Crippen LogP contribution is 2.31. The van der Waals surface area contributed by atoms with E-state index in [4.69, 9.17) is 4.74 Å². The first kappa shape index (κ1) is 13.2. The molecule has 2 aliphatic rings. The number of fused-ring (bicyclic) bond motifs is 1. The van der Waals surface area contributed by atoms with Gasteiger partial charge in [0.1, 0.15) is 6.61 Å². The number of benzene rings is 1. The van der Waals surface area contributed by atoms with Gasteiger partial charge in [-0.15, -0.1) is 0 Å². The molecule has 20 heavy (non-hydrogen) atoms. The third kappa shape index (κ3) is 2.58. The second-order valence-corrected chi connectivity index (χ2v) is 7.26. The molecular weight excluding hydrogens is 280 g/mol. The number of hydrogen-bond acceptors (Lipinski definition) is 5. The summed E-state index contributed by atoms with van der Waals surface area (Å²) in [6.07, 6.45) is 0.474. The predicted molar refractivity (Wildman–Crippen MR) is 75.0 cm³/mol. The largest absolute Gasteiger partial charge is 0.489 e. The van der Waals surface area contributed by atoms with Crippen molar-refractivity contribution in [3.05, 3.63) is 23.8 Å². The Morgan fingerprint density at radius 2 is 2.25 bits per heavy atom. The average Bonchev–Trinajstić information content (AvgIpc) is 2.77. The summed E-state index contributed by atoms with van der Waals surface area (Å²) in [4.78, 5) is 12.3. The molecule has 0 saturated carbocycles. The number of nitrogens with one attached hydrogen (secondary N) is 2. The maximum atomic E-state index is 12.3. The molecule has 0 spiro atoms. The molecule has 2 aliphatic heterocycles. The lowest BCUT2D eigenvalue weighted by Gasteiger charge is -2.22. The Morgan fingerprint density at radius 3 is 3.00 bits per heavy atom. The molecule has 1 aromatic rings. The van der Waals surface area contributed by atoms with E-state index in [1.165, 1.54) is 0 Å². The third-order valence-corrected chi connectivity index (χ3v) is 5.26. The van der Waals surface area contributed by atoms with Gasteiger partial charge in [-0.3, -0.25) is 4.79 Å². The summed E-state index contributed by atoms with van der Waals surface area (Å²) < 4.78 is 28.4. The highest BCUT2D eigenvalue weighted by molar-refractivity contribution is 7.91. The van der Waals surface area contributed by atoms with E-state index in [-0.39, 0.29) is 23.5 Å². The van der Waals surface area contributed by atoms with Crippen LogP contribution in [0.3, 0.4) is 0 Å². The Labute approximate surface area is 117 Å². The van der Waals surface area contributed by atoms with Crippen LogP contribution >= 0.6 is 0 Å². The van der Waals surface area contributed by atoms with E-state index in [1.807, 2.05) is 6.07 Å². The minimum absolute atomic E-state index is 0.0207. The third-order valence-electron chi connectivity index (χ3n) is 3.49. The van der Waals surface area contributed by atoms with Gasteiger partial charge >= 0.3 is 0 Å². The highest BCUT2D eigenvalue weighted by Gasteiger charge is 2.30. The van der Waals surface area contributed by atoms with Gasteiger partial charge in [0.05, 0.1) is 22.8 Å². The number of hydrogen-bond donors (Lipinski definition) is 2. The van der Waals surface area contributed by atoms with Crippen molar-refractivity contribution < 1.29 is 17.9 Å². The van der Waals surface area contributed by atoms with Crippen LogP contribution in [0.15, 0.2) is 18.2 Å². The van der Waals surface area contributed by atoms with Crippen molar-refractivity contribution >= 4 is 21.4 Å². The number of para-hydroxylation sites is 1. The Hall–Kier alpha value is -1.76. The molecule has 108 valence electrons. The minimum atomic E-state index is -3.00. The number of amides is 1. The molecule has 2 heterocycles. The number of sulfone groups is 1. The Kier molecular flexibility index (Phi) is 3.29. The molecule has 1 fully saturated rings. The average molecular weight is 296 g/mol. The Bertz CT molecular complexity index is 642. The van der Waals surface area contributed by atoms with Gasteiger partial charge in [-0.25, -0.2) is 8.42 Å². The van der Waals surface area contributed by atoms with Crippen LogP contribution in [0, 0.1) is 0 Å². The van der Waals surface area contributed by atoms with Gasteiger partial charge < -0.3 is 15.4 Å². The molecule has 0 bridgehead atoms. The maximum absolute atomic E-state index is 12.3. The molecule has 0 radical (unpaired) electrons. The van der Waals surface area contributed by atoms with Gasteiger partial charge in [0, 0.05) is 12.6 Å². The maximum Gasteiger partial charge on any atom is 0.255 e. The zero-order chi connectivity index (χ0) is 14.2. The van der Waals surface area contributed by atoms with Crippen molar-refractivity contribution in [2.75, 3.05) is 30.0 Å². The molecule has 1 amide bonds. The van der Waals surface area contributed by atoms with Gasteiger partial charge in [0.2, 0.25) is 0 Å². The van der Waals surface area contributed by atoms with E-state index in [0.29, 0.717) is 30.9 Å². The van der Waals surface area contributed by atoms with Gasteiger partial charge in [-0.1, -0.05) is 6.07 Å². The molecule has 1 saturated heterocycles. The molecule has 6 nitrogen and oxygen atoms in total. The SMILES string of the molecule is O=C(NC1CCS(=O)(=O)C1)c1cccc2c1OCCN2. The minimum Gasteiger partial charge on any atom is -0.489 e. The molecule has 2 N–H and O–H groups in total. The van der Waals surface area contributed by atoms with Crippen LogP contribution in [0.5, 0.6) is 5.75 Å². The summed E-state index contributed by atoms with van der Waals surface area (Å²) in [5, 5.41) is 5.94. The quantitative estimate of drug-likeness (QED) is 0.825. The fourth-order valence-electron chi connectivity index (χ4n) is 2.52. The smallest absolute Gasteiger partial charge is 0.255 e. The van der Waals surface area contributed by atoms with Crippen molar-refractivity contribution in [2.45, 2.75) is 12.5 Å². The summed E-state index contributed by atoms with van der Waals surface area (Å²) in [5.74, 6) is 0.417. The summed E-state index contributed by atoms with van der Waals surface area (Å²) in [5.41, 5.74) is 1.24. The van der Waals surface area contributed by atoms with Crippen LogP contribution in [-0.2, 0) is 9.84 Å². The zero-order valence-corrected chi connectivity index (χ0v) is 11.7. The van der Waals surface area contributed by atoms with Crippen molar-refractivity contribution in [1.29, 1.82) is 0 Å². The fraction of sp³-hybridized carbons (Fsp3) is 0.462. The first-order valence-electron chi connectivity index (χ1n) is 6.56. The molecule has 0 aliphatic carbocycles. The van der Waals surface area contributed by atoms with Gasteiger partial charge in [-0.2, -0.15) is 0 Å². The van der Waals surface area contributed by atoms with Crippen LogP contribution in [-0.4, -0.2) is 45.0 Å². The molecule has 7 heteroatoms. The van der Waals surface area contributed by atoms with E-state index < -0.39 is 9.84 Å². The number of rotatable bonds is 2. The molecule has 1 aromatic carbocycles. The van der Waals surface area contributed by atoms with E-state index in [0.717, 1.165) is 5.69 Å². The summed E-state index contributed by atoms with van der Waals surface area (Å²) in [6, 6.07) is 5.01. The second kappa shape index (κ2) is 4.97. The molecule has 1 atom stereocenters. The molecular formula is C13H16N2O4S. The fourth-order valence-corrected chi connectivity index (χ4v) is 4.19. The molecule has 1 unspecified atom stereocenters. The monoisotopic (exact) mass is 296 g/mol. The lowest BCUT2D eigenvalue weighted by molar-refractivity contribution is 0.0937. The standard InChI is InChI=1S/C13H16N2O4S/c16-13(15-9-4-7-20(17,18)8-9)10-2-1-3-11-12(10)19-6-5-14-11/h1-3,9,14H,4-8H2,(H,15,16). The van der Waals surface area contributed by atoms with Gasteiger partial charge in [0.25, 0.3) is 5.91 Å². The predicted octanol–water partition coefficient (Wildman–Crippen LogP) is 0.408. The lowest BCUT2D eigenvalue weighted by atomic mass is 10.1. The number of ether oxygens (including phenoxy) is 1. The number of carbonyl (C=O) groups excluding carboxylic acids is 1. The summed E-state index contributed by atoms with van der Waals surface area (Å²) >= 11 is 0. The van der Waals surface area contributed by atoms with E-state index >= 15 is 0 Å². The Balaban J connectivity index is 1.78. The number of anilines is 1. The van der Waals surface area contributed by atoms with Crippen molar-refractivity contribution in [1.82, 2.24) is 5.32 Å². The van der Waals surface area contributed by atoms with E-state index in [9.17, 15) is 13.2 Å². The van der Waals surface area contributed by atoms with Crippen LogP contribution < -0.4 is 15.4 Å². The van der Waals surface area contributed by atoms with E-state index in [2.05, 4.69) is 10.6 Å². The van der Waals surface area contributed by atoms with Crippen LogP contribution in [0.1, 0.15) is 16.8 Å². The van der Waals surface area contributed by atoms with Crippen LogP contribution in [0.25, 0.3) is 0 Å². The second-order valence-electron chi connectivity index (χ2n) is 5.03. The van der Waals surface area contributed by atoms with Crippen LogP contribution in [0.2, 0.25) is 0 Å². The Morgan fingerprint density at radius 1 is 1.40 bits per heavy atom. The first-order valence-corrected chi connectivity index (χ1v) is 8.38. The molecule has 0 aromatic heterocycles.